The first-order valence-electron chi connectivity index (χ1n) is 10.5. The molecule has 1 aliphatic heterocycles. The molecule has 3 aromatic rings. The van der Waals surface area contributed by atoms with Crippen LogP contribution in [0.4, 0.5) is 4.39 Å². The maximum Gasteiger partial charge on any atom is 0.253 e. The number of amides is 1. The Morgan fingerprint density at radius 1 is 1.30 bits per heavy atom. The van der Waals surface area contributed by atoms with Crippen LogP contribution in [0.15, 0.2) is 53.6 Å². The molecule has 0 radical (unpaired) electrons. The van der Waals surface area contributed by atoms with Crippen molar-refractivity contribution in [2.75, 3.05) is 6.54 Å². The predicted molar refractivity (Wildman–Crippen MR) is 117 cm³/mol. The van der Waals surface area contributed by atoms with Crippen molar-refractivity contribution in [1.82, 2.24) is 19.6 Å². The minimum Gasteiger partial charge on any atom is -0.382 e. The van der Waals surface area contributed by atoms with Gasteiger partial charge in [-0.15, -0.1) is 0 Å². The summed E-state index contributed by atoms with van der Waals surface area (Å²) >= 11 is 0. The van der Waals surface area contributed by atoms with Crippen LogP contribution in [0.1, 0.15) is 47.1 Å². The number of carbonyl (C=O) groups is 1. The molecule has 0 aliphatic carbocycles. The molecule has 172 valence electrons. The zero-order valence-electron chi connectivity index (χ0n) is 18.0. The van der Waals surface area contributed by atoms with E-state index in [1.165, 1.54) is 29.9 Å². The van der Waals surface area contributed by atoms with Gasteiger partial charge in [0.25, 0.3) is 5.56 Å². The normalized spacial score (nSPS) is 21.5. The van der Waals surface area contributed by atoms with Gasteiger partial charge in [0.1, 0.15) is 11.4 Å². The Labute approximate surface area is 188 Å². The lowest BCUT2D eigenvalue weighted by atomic mass is 9.87. The van der Waals surface area contributed by atoms with Crippen molar-refractivity contribution in [3.8, 4) is 11.3 Å². The number of hydroxylamine groups is 2. The number of primary amides is 1. The van der Waals surface area contributed by atoms with Gasteiger partial charge in [0.2, 0.25) is 5.91 Å². The molecule has 0 bridgehead atoms. The van der Waals surface area contributed by atoms with E-state index in [-0.39, 0.29) is 42.0 Å². The number of benzene rings is 1. The number of rotatable bonds is 4. The number of nitrogens with zero attached hydrogens (tertiary/aromatic N) is 4. The number of carbonyl (C=O) groups excluding carboxylic acids is 1. The number of hydrogen-bond donors (Lipinski definition) is 3. The molecule has 1 amide bonds. The van der Waals surface area contributed by atoms with E-state index in [9.17, 15) is 24.3 Å². The first kappa shape index (κ1) is 22.7. The smallest absolute Gasteiger partial charge is 0.253 e. The molecule has 2 unspecified atom stereocenters. The van der Waals surface area contributed by atoms with E-state index in [1.54, 1.807) is 24.3 Å². The third-order valence-electron chi connectivity index (χ3n) is 6.02. The molecule has 2 aromatic heterocycles. The van der Waals surface area contributed by atoms with Crippen molar-refractivity contribution < 1.29 is 19.5 Å². The Kier molecular flexibility index (Phi) is 6.07. The lowest BCUT2D eigenvalue weighted by molar-refractivity contribution is -0.136. The Balaban J connectivity index is 1.81. The summed E-state index contributed by atoms with van der Waals surface area (Å²) in [6.45, 7) is 0.250. The monoisotopic (exact) mass is 453 g/mol. The van der Waals surface area contributed by atoms with Gasteiger partial charge in [-0.2, -0.15) is 5.06 Å². The molecule has 4 N–H and O–H groups in total. The van der Waals surface area contributed by atoms with E-state index >= 15 is 0 Å². The minimum atomic E-state index is -1.61. The molecule has 1 aromatic carbocycles. The fourth-order valence-electron chi connectivity index (χ4n) is 4.29. The third-order valence-corrected chi connectivity index (χ3v) is 6.02. The Morgan fingerprint density at radius 2 is 2.09 bits per heavy atom. The summed E-state index contributed by atoms with van der Waals surface area (Å²) in [6, 6.07) is 8.41. The van der Waals surface area contributed by atoms with Crippen LogP contribution in [-0.4, -0.2) is 42.4 Å². The van der Waals surface area contributed by atoms with E-state index in [4.69, 9.17) is 5.73 Å². The van der Waals surface area contributed by atoms with Crippen molar-refractivity contribution in [1.29, 1.82) is 0 Å². The van der Waals surface area contributed by atoms with E-state index in [0.29, 0.717) is 12.0 Å². The summed E-state index contributed by atoms with van der Waals surface area (Å²) in [6.07, 6.45) is 3.01. The number of aliphatic hydroxyl groups is 1. The Bertz CT molecular complexity index is 1260. The van der Waals surface area contributed by atoms with Gasteiger partial charge in [-0.05, 0) is 36.6 Å². The number of halogens is 1. The highest BCUT2D eigenvalue weighted by Crippen LogP contribution is 2.40. The number of hydrogen-bond acceptors (Lipinski definition) is 7. The lowest BCUT2D eigenvalue weighted by Crippen LogP contribution is -2.37. The summed E-state index contributed by atoms with van der Waals surface area (Å²) in [5.41, 5.74) is 4.35. The van der Waals surface area contributed by atoms with Gasteiger partial charge >= 0.3 is 0 Å². The van der Waals surface area contributed by atoms with Gasteiger partial charge in [0.05, 0.1) is 17.9 Å². The summed E-state index contributed by atoms with van der Waals surface area (Å²) in [5, 5.41) is 23.5. The maximum absolute atomic E-state index is 14.3. The van der Waals surface area contributed by atoms with Crippen LogP contribution in [0.2, 0.25) is 0 Å². The molecule has 9 nitrogen and oxygen atoms in total. The van der Waals surface area contributed by atoms with E-state index in [0.717, 1.165) is 11.3 Å². The summed E-state index contributed by atoms with van der Waals surface area (Å²) in [4.78, 5) is 32.5. The van der Waals surface area contributed by atoms with Crippen LogP contribution >= 0.6 is 0 Å². The second-order valence-electron chi connectivity index (χ2n) is 8.23. The lowest BCUT2D eigenvalue weighted by Gasteiger charge is -2.32. The average Bonchev–Trinajstić information content (AvgIpc) is 2.94. The van der Waals surface area contributed by atoms with Crippen LogP contribution in [0.3, 0.4) is 0 Å². The largest absolute Gasteiger partial charge is 0.382 e. The fraction of sp³-hybridized carbons (Fsp3) is 0.304. The van der Waals surface area contributed by atoms with Crippen LogP contribution in [0, 0.1) is 5.82 Å². The molecular weight excluding hydrogens is 429 g/mol. The molecule has 33 heavy (non-hydrogen) atoms. The first-order chi connectivity index (χ1) is 15.7. The van der Waals surface area contributed by atoms with E-state index in [2.05, 4.69) is 9.97 Å². The average molecular weight is 453 g/mol. The molecule has 0 spiro atoms. The molecule has 2 atom stereocenters. The molecule has 1 aliphatic rings. The van der Waals surface area contributed by atoms with Crippen molar-refractivity contribution in [2.24, 2.45) is 12.8 Å². The van der Waals surface area contributed by atoms with Gasteiger partial charge in [-0.25, -0.2) is 9.37 Å². The number of nitrogens with two attached hydrogens (primary N) is 1. The highest BCUT2D eigenvalue weighted by Gasteiger charge is 2.41. The minimum absolute atomic E-state index is 0.0196. The summed E-state index contributed by atoms with van der Waals surface area (Å²) < 4.78 is 15.6. The van der Waals surface area contributed by atoms with Crippen LogP contribution in [0.25, 0.3) is 11.3 Å². The van der Waals surface area contributed by atoms with E-state index < -0.39 is 28.9 Å². The summed E-state index contributed by atoms with van der Waals surface area (Å²) in [7, 11) is 1.49. The summed E-state index contributed by atoms with van der Waals surface area (Å²) in [5.74, 6) is -1.19. The highest BCUT2D eigenvalue weighted by molar-refractivity contribution is 5.92. The quantitative estimate of drug-likeness (QED) is 0.549. The van der Waals surface area contributed by atoms with Crippen LogP contribution < -0.4 is 11.3 Å². The molecule has 4 rings (SSSR count). The molecule has 3 heterocycles. The zero-order valence-corrected chi connectivity index (χ0v) is 18.0. The number of aromatic nitrogens is 3. The van der Waals surface area contributed by atoms with Gasteiger partial charge in [0.15, 0.2) is 5.82 Å². The van der Waals surface area contributed by atoms with Crippen molar-refractivity contribution >= 4 is 5.91 Å². The molecular formula is C23H24FN5O4. The molecule has 10 heteroatoms. The predicted octanol–water partition coefficient (Wildman–Crippen LogP) is 1.88. The van der Waals surface area contributed by atoms with Crippen molar-refractivity contribution in [3.63, 3.8) is 0 Å². The zero-order chi connectivity index (χ0) is 23.8. The standard InChI is InChI=1S/C23H24FN5O4/c1-28-20(30)11-18(16-6-8-26-13-17(16)24)27-22(28)23(32)7-3-9-29(33)19(12-23)14-4-2-5-15(10-14)21(25)31/h2,4-6,8,10-11,13,19,32-33H,3,7,9,12H2,1H3,(H2,25,31). The van der Waals surface area contributed by atoms with Crippen molar-refractivity contribution in [3.05, 3.63) is 81.9 Å². The Hall–Kier alpha value is -3.47. The molecule has 0 saturated carbocycles. The van der Waals surface area contributed by atoms with Gasteiger partial charge in [-0.1, -0.05) is 12.1 Å². The van der Waals surface area contributed by atoms with Crippen LogP contribution in [-0.2, 0) is 12.6 Å². The van der Waals surface area contributed by atoms with E-state index in [1.807, 2.05) is 0 Å². The second kappa shape index (κ2) is 8.81. The SMILES string of the molecule is Cn1c(C2(O)CCCN(O)C(c3cccc(C(N)=O)c3)C2)nc(-c2ccncc2F)cc1=O. The topological polar surface area (TPSA) is 135 Å². The first-order valence-corrected chi connectivity index (χ1v) is 10.5. The molecule has 1 saturated heterocycles. The second-order valence-corrected chi connectivity index (χ2v) is 8.23. The maximum atomic E-state index is 14.3. The van der Waals surface area contributed by atoms with Crippen LogP contribution in [0.5, 0.6) is 0 Å². The molecule has 1 fully saturated rings. The highest BCUT2D eigenvalue weighted by atomic mass is 19.1. The number of pyridine rings is 1. The van der Waals surface area contributed by atoms with Gasteiger partial charge in [-0.3, -0.25) is 19.1 Å². The van der Waals surface area contributed by atoms with Gasteiger partial charge < -0.3 is 16.0 Å². The van der Waals surface area contributed by atoms with Crippen molar-refractivity contribution in [2.45, 2.75) is 30.9 Å². The fourth-order valence-corrected chi connectivity index (χ4v) is 4.29. The third kappa shape index (κ3) is 4.40. The van der Waals surface area contributed by atoms with Gasteiger partial charge in [0, 0.05) is 43.4 Å². The Morgan fingerprint density at radius 3 is 2.82 bits per heavy atom.